The number of fused-ring (bicyclic) bond motifs is 1. The van der Waals surface area contributed by atoms with Crippen molar-refractivity contribution in [1.82, 2.24) is 10.3 Å². The fourth-order valence-corrected chi connectivity index (χ4v) is 3.93. The van der Waals surface area contributed by atoms with Gasteiger partial charge in [-0.05, 0) is 62.6 Å². The monoisotopic (exact) mass is 515 g/mol. The standard InChI is InChI=1S/C30H33N3O5/c1-20(27-32-24-12-8-9-13-26(24)37-27)25(33-28(34)36-19-22-10-6-5-7-11-22)18-21-14-16-23(17-15-21)31-29(35)38-30(2,3)4/h5-17,20,25H,18-19H2,1-4H3,(H,31,35)(H,33,34)/t20?,25-/m0/s1. The fourth-order valence-electron chi connectivity index (χ4n) is 3.93. The summed E-state index contributed by atoms with van der Waals surface area (Å²) in [4.78, 5) is 29.5. The summed E-state index contributed by atoms with van der Waals surface area (Å²) < 4.78 is 16.8. The van der Waals surface area contributed by atoms with Crippen molar-refractivity contribution in [3.8, 4) is 0 Å². The first-order valence-electron chi connectivity index (χ1n) is 12.6. The molecule has 0 fully saturated rings. The van der Waals surface area contributed by atoms with Gasteiger partial charge in [0.2, 0.25) is 0 Å². The van der Waals surface area contributed by atoms with E-state index in [0.717, 1.165) is 16.6 Å². The highest BCUT2D eigenvalue weighted by atomic mass is 16.6. The molecule has 1 heterocycles. The van der Waals surface area contributed by atoms with Gasteiger partial charge in [-0.3, -0.25) is 5.32 Å². The van der Waals surface area contributed by atoms with E-state index in [1.807, 2.05) is 94.4 Å². The topological polar surface area (TPSA) is 103 Å². The summed E-state index contributed by atoms with van der Waals surface area (Å²) >= 11 is 0. The highest BCUT2D eigenvalue weighted by Gasteiger charge is 2.26. The number of amides is 2. The number of hydrogen-bond donors (Lipinski definition) is 2. The second-order valence-corrected chi connectivity index (χ2v) is 10.1. The third kappa shape index (κ3) is 7.59. The van der Waals surface area contributed by atoms with Gasteiger partial charge in [0.25, 0.3) is 0 Å². The van der Waals surface area contributed by atoms with Gasteiger partial charge in [0, 0.05) is 11.7 Å². The molecule has 1 aromatic heterocycles. The van der Waals surface area contributed by atoms with Crippen molar-refractivity contribution < 1.29 is 23.5 Å². The van der Waals surface area contributed by atoms with Crippen molar-refractivity contribution >= 4 is 29.0 Å². The van der Waals surface area contributed by atoms with Gasteiger partial charge >= 0.3 is 12.2 Å². The maximum absolute atomic E-state index is 12.8. The minimum absolute atomic E-state index is 0.168. The van der Waals surface area contributed by atoms with Crippen LogP contribution in [0.2, 0.25) is 0 Å². The molecule has 0 saturated carbocycles. The normalized spacial score (nSPS) is 12.9. The molecule has 0 aliphatic rings. The van der Waals surface area contributed by atoms with Gasteiger partial charge in [-0.15, -0.1) is 0 Å². The lowest BCUT2D eigenvalue weighted by Crippen LogP contribution is -2.40. The van der Waals surface area contributed by atoms with Crippen LogP contribution < -0.4 is 10.6 Å². The number of nitrogens with one attached hydrogen (secondary N) is 2. The minimum atomic E-state index is -0.584. The molecule has 4 rings (SSSR count). The molecule has 4 aromatic rings. The Morgan fingerprint density at radius 2 is 1.58 bits per heavy atom. The third-order valence-corrected chi connectivity index (χ3v) is 5.87. The van der Waals surface area contributed by atoms with Gasteiger partial charge in [-0.2, -0.15) is 0 Å². The fraction of sp³-hybridized carbons (Fsp3) is 0.300. The highest BCUT2D eigenvalue weighted by Crippen LogP contribution is 2.26. The Hall–Kier alpha value is -4.33. The Balaban J connectivity index is 1.47. The maximum atomic E-state index is 12.8. The number of ether oxygens (including phenoxy) is 2. The third-order valence-electron chi connectivity index (χ3n) is 5.87. The zero-order valence-corrected chi connectivity index (χ0v) is 22.1. The van der Waals surface area contributed by atoms with Crippen LogP contribution in [0.5, 0.6) is 0 Å². The Labute approximate surface area is 222 Å². The molecule has 2 atom stereocenters. The first-order valence-corrected chi connectivity index (χ1v) is 12.6. The van der Waals surface area contributed by atoms with Crippen LogP contribution >= 0.6 is 0 Å². The highest BCUT2D eigenvalue weighted by molar-refractivity contribution is 5.84. The van der Waals surface area contributed by atoms with Crippen LogP contribution in [-0.4, -0.2) is 28.8 Å². The molecule has 2 N–H and O–H groups in total. The number of benzene rings is 3. The van der Waals surface area contributed by atoms with E-state index in [0.29, 0.717) is 23.6 Å². The molecule has 0 aliphatic heterocycles. The summed E-state index contributed by atoms with van der Waals surface area (Å²) in [6.07, 6.45) is -0.548. The average Bonchev–Trinajstić information content (AvgIpc) is 3.32. The van der Waals surface area contributed by atoms with Crippen molar-refractivity contribution in [3.63, 3.8) is 0 Å². The van der Waals surface area contributed by atoms with Crippen LogP contribution in [-0.2, 0) is 22.5 Å². The van der Waals surface area contributed by atoms with Gasteiger partial charge in [0.1, 0.15) is 17.7 Å². The van der Waals surface area contributed by atoms with Gasteiger partial charge in [0.05, 0.1) is 5.92 Å². The Morgan fingerprint density at radius 3 is 2.26 bits per heavy atom. The molecule has 0 radical (unpaired) electrons. The number of anilines is 1. The number of oxazole rings is 1. The number of nitrogens with zero attached hydrogens (tertiary/aromatic N) is 1. The quantitative estimate of drug-likeness (QED) is 0.267. The molecule has 3 aromatic carbocycles. The van der Waals surface area contributed by atoms with Crippen molar-refractivity contribution in [1.29, 1.82) is 0 Å². The predicted molar refractivity (Wildman–Crippen MR) is 146 cm³/mol. The number of carbonyl (C=O) groups is 2. The first kappa shape index (κ1) is 26.7. The van der Waals surface area contributed by atoms with E-state index in [-0.39, 0.29) is 18.6 Å². The molecule has 38 heavy (non-hydrogen) atoms. The maximum Gasteiger partial charge on any atom is 0.412 e. The number of para-hydroxylation sites is 2. The smallest absolute Gasteiger partial charge is 0.412 e. The summed E-state index contributed by atoms with van der Waals surface area (Å²) in [7, 11) is 0. The SMILES string of the molecule is CC(c1nc2ccccc2o1)[C@H](Cc1ccc(NC(=O)OC(C)(C)C)cc1)NC(=O)OCc1ccccc1. The van der Waals surface area contributed by atoms with Crippen molar-refractivity contribution in [2.45, 2.75) is 58.3 Å². The molecule has 0 spiro atoms. The summed E-state index contributed by atoms with van der Waals surface area (Å²) in [5.74, 6) is 0.286. The molecule has 0 aliphatic carbocycles. The van der Waals surface area contributed by atoms with Crippen LogP contribution in [0, 0.1) is 0 Å². The summed E-state index contributed by atoms with van der Waals surface area (Å²) in [5, 5.41) is 5.73. The van der Waals surface area contributed by atoms with Gasteiger partial charge in [0.15, 0.2) is 11.5 Å². The summed E-state index contributed by atoms with van der Waals surface area (Å²) in [6, 6.07) is 24.1. The van der Waals surface area contributed by atoms with Crippen molar-refractivity contribution in [2.24, 2.45) is 0 Å². The number of carbonyl (C=O) groups excluding carboxylic acids is 2. The Morgan fingerprint density at radius 1 is 0.895 bits per heavy atom. The molecular formula is C30H33N3O5. The van der Waals surface area contributed by atoms with E-state index < -0.39 is 17.8 Å². The van der Waals surface area contributed by atoms with Crippen LogP contribution in [0.25, 0.3) is 11.1 Å². The molecule has 0 bridgehead atoms. The van der Waals surface area contributed by atoms with E-state index in [2.05, 4.69) is 15.6 Å². The molecule has 8 nitrogen and oxygen atoms in total. The molecule has 0 saturated heterocycles. The van der Waals surface area contributed by atoms with E-state index in [9.17, 15) is 9.59 Å². The van der Waals surface area contributed by atoms with E-state index in [4.69, 9.17) is 13.9 Å². The van der Waals surface area contributed by atoms with Crippen LogP contribution in [0.15, 0.2) is 83.3 Å². The van der Waals surface area contributed by atoms with Gasteiger partial charge in [-0.1, -0.05) is 61.5 Å². The van der Waals surface area contributed by atoms with E-state index in [1.165, 1.54) is 0 Å². The lowest BCUT2D eigenvalue weighted by atomic mass is 9.94. The second kappa shape index (κ2) is 11.8. The van der Waals surface area contributed by atoms with E-state index >= 15 is 0 Å². The molecule has 1 unspecified atom stereocenters. The lowest BCUT2D eigenvalue weighted by Gasteiger charge is -2.23. The largest absolute Gasteiger partial charge is 0.445 e. The first-order chi connectivity index (χ1) is 18.2. The Kier molecular flexibility index (Phi) is 8.31. The summed E-state index contributed by atoms with van der Waals surface area (Å²) in [5.41, 5.74) is 3.34. The zero-order valence-electron chi connectivity index (χ0n) is 22.1. The predicted octanol–water partition coefficient (Wildman–Crippen LogP) is 6.82. The van der Waals surface area contributed by atoms with Crippen LogP contribution in [0.3, 0.4) is 0 Å². The van der Waals surface area contributed by atoms with Crippen molar-refractivity contribution in [2.75, 3.05) is 5.32 Å². The van der Waals surface area contributed by atoms with Crippen molar-refractivity contribution in [3.05, 3.63) is 95.9 Å². The number of rotatable bonds is 8. The van der Waals surface area contributed by atoms with Crippen LogP contribution in [0.1, 0.15) is 50.6 Å². The summed E-state index contributed by atoms with van der Waals surface area (Å²) in [6.45, 7) is 7.57. The van der Waals surface area contributed by atoms with E-state index in [1.54, 1.807) is 12.1 Å². The minimum Gasteiger partial charge on any atom is -0.445 e. The molecule has 198 valence electrons. The Bertz CT molecular complexity index is 1330. The second-order valence-electron chi connectivity index (χ2n) is 10.1. The molecule has 2 amide bonds. The lowest BCUT2D eigenvalue weighted by molar-refractivity contribution is 0.0636. The number of alkyl carbamates (subject to hydrolysis) is 1. The average molecular weight is 516 g/mol. The number of aromatic nitrogens is 1. The molecule has 8 heteroatoms. The van der Waals surface area contributed by atoms with Crippen LogP contribution in [0.4, 0.5) is 15.3 Å². The zero-order chi connectivity index (χ0) is 27.1. The van der Waals surface area contributed by atoms with Gasteiger partial charge in [-0.25, -0.2) is 14.6 Å². The number of hydrogen-bond acceptors (Lipinski definition) is 6. The van der Waals surface area contributed by atoms with Gasteiger partial charge < -0.3 is 19.2 Å². The molecular weight excluding hydrogens is 482 g/mol.